The van der Waals surface area contributed by atoms with Crippen molar-refractivity contribution in [1.82, 2.24) is 0 Å². The maximum atomic E-state index is 9.44. The molecule has 2 N–H and O–H groups in total. The molecule has 0 saturated heterocycles. The number of aliphatic hydroxyl groups excluding tert-OH is 1. The van der Waals surface area contributed by atoms with Crippen LogP contribution in [0.15, 0.2) is 16.6 Å². The topological polar surface area (TPSA) is 32.3 Å². The van der Waals surface area contributed by atoms with Crippen molar-refractivity contribution in [3.05, 3.63) is 27.7 Å². The fourth-order valence-corrected chi connectivity index (χ4v) is 2.24. The van der Waals surface area contributed by atoms with Crippen LogP contribution in [-0.4, -0.2) is 17.3 Å². The Bertz CT molecular complexity index is 326. The monoisotopic (exact) mass is 271 g/mol. The van der Waals surface area contributed by atoms with Crippen molar-refractivity contribution in [1.29, 1.82) is 0 Å². The van der Waals surface area contributed by atoms with Gasteiger partial charge in [0.05, 0.1) is 11.8 Å². The van der Waals surface area contributed by atoms with E-state index in [9.17, 15) is 5.11 Å². The lowest BCUT2D eigenvalue weighted by atomic mass is 10.1. The van der Waals surface area contributed by atoms with E-state index in [-0.39, 0.29) is 12.1 Å². The predicted molar refractivity (Wildman–Crippen MR) is 68.4 cm³/mol. The third kappa shape index (κ3) is 3.21. The van der Waals surface area contributed by atoms with Crippen molar-refractivity contribution >= 4 is 21.6 Å². The molecular formula is C12H18BrNO. The van der Waals surface area contributed by atoms with Crippen LogP contribution in [0.1, 0.15) is 25.0 Å². The Morgan fingerprint density at radius 2 is 1.87 bits per heavy atom. The second-order valence-corrected chi connectivity index (χ2v) is 4.97. The summed E-state index contributed by atoms with van der Waals surface area (Å²) in [7, 11) is 0. The van der Waals surface area contributed by atoms with E-state index < -0.39 is 0 Å². The van der Waals surface area contributed by atoms with Gasteiger partial charge in [0.25, 0.3) is 0 Å². The molecule has 0 amide bonds. The number of halogens is 1. The van der Waals surface area contributed by atoms with E-state index in [4.69, 9.17) is 0 Å². The van der Waals surface area contributed by atoms with Gasteiger partial charge in [0.2, 0.25) is 0 Å². The molecule has 0 heterocycles. The van der Waals surface area contributed by atoms with Gasteiger partial charge in [0, 0.05) is 10.5 Å². The molecule has 0 bridgehead atoms. The summed E-state index contributed by atoms with van der Waals surface area (Å²) in [5.41, 5.74) is 3.48. The molecule has 0 aliphatic carbocycles. The molecule has 0 aromatic heterocycles. The van der Waals surface area contributed by atoms with Crippen LogP contribution in [0, 0.1) is 13.8 Å². The average Bonchev–Trinajstić information content (AvgIpc) is 2.10. The van der Waals surface area contributed by atoms with Gasteiger partial charge in [-0.3, -0.25) is 0 Å². The summed E-state index contributed by atoms with van der Waals surface area (Å²) in [5, 5.41) is 12.7. The molecule has 2 atom stereocenters. The third-order valence-electron chi connectivity index (χ3n) is 2.53. The third-order valence-corrected chi connectivity index (χ3v) is 3.15. The molecular weight excluding hydrogens is 254 g/mol. The summed E-state index contributed by atoms with van der Waals surface area (Å²) < 4.78 is 1.05. The smallest absolute Gasteiger partial charge is 0.0710 e. The van der Waals surface area contributed by atoms with E-state index in [1.165, 1.54) is 11.1 Å². The lowest BCUT2D eigenvalue weighted by Crippen LogP contribution is -2.28. The zero-order valence-corrected chi connectivity index (χ0v) is 11.2. The number of aryl methyl sites for hydroxylation is 2. The second-order valence-electron chi connectivity index (χ2n) is 4.11. The molecule has 2 nitrogen and oxygen atoms in total. The predicted octanol–water partition coefficient (Wildman–Crippen LogP) is 3.25. The number of anilines is 1. The fourth-order valence-electron chi connectivity index (χ4n) is 1.45. The van der Waals surface area contributed by atoms with Crippen molar-refractivity contribution < 1.29 is 5.11 Å². The first-order valence-corrected chi connectivity index (χ1v) is 5.92. The first-order chi connectivity index (χ1) is 6.91. The maximum Gasteiger partial charge on any atom is 0.0710 e. The lowest BCUT2D eigenvalue weighted by molar-refractivity contribution is 0.178. The summed E-state index contributed by atoms with van der Waals surface area (Å²) in [5.74, 6) is 0. The number of benzene rings is 1. The quantitative estimate of drug-likeness (QED) is 0.885. The normalized spacial score (nSPS) is 14.8. The summed E-state index contributed by atoms with van der Waals surface area (Å²) in [6, 6.07) is 4.24. The molecule has 0 spiro atoms. The average molecular weight is 272 g/mol. The molecule has 84 valence electrons. The van der Waals surface area contributed by atoms with E-state index in [2.05, 4.69) is 47.2 Å². The molecule has 1 aromatic carbocycles. The van der Waals surface area contributed by atoms with Gasteiger partial charge in [-0.1, -0.05) is 6.07 Å². The largest absolute Gasteiger partial charge is 0.391 e. The van der Waals surface area contributed by atoms with E-state index in [1.807, 2.05) is 6.92 Å². The maximum absolute atomic E-state index is 9.44. The second kappa shape index (κ2) is 4.99. The van der Waals surface area contributed by atoms with Crippen LogP contribution >= 0.6 is 15.9 Å². The number of nitrogens with one attached hydrogen (secondary N) is 1. The minimum absolute atomic E-state index is 0.0442. The number of rotatable bonds is 3. The molecule has 0 fully saturated rings. The summed E-state index contributed by atoms with van der Waals surface area (Å²) in [6.45, 7) is 7.89. The van der Waals surface area contributed by atoms with Crippen molar-refractivity contribution in [3.63, 3.8) is 0 Å². The Labute approximate surface area is 99.8 Å². The first kappa shape index (κ1) is 12.5. The SMILES string of the molecule is Cc1cc(C)c(NC(C)C(C)O)c(Br)c1. The van der Waals surface area contributed by atoms with Crippen LogP contribution in [0.2, 0.25) is 0 Å². The highest BCUT2D eigenvalue weighted by Crippen LogP contribution is 2.28. The van der Waals surface area contributed by atoms with Crippen molar-refractivity contribution in [2.45, 2.75) is 39.8 Å². The summed E-state index contributed by atoms with van der Waals surface area (Å²) >= 11 is 3.53. The molecule has 3 heteroatoms. The standard InChI is InChI=1S/C12H18BrNO/c1-7-5-8(2)12(11(13)6-7)14-9(3)10(4)15/h5-6,9-10,14-15H,1-4H3. The van der Waals surface area contributed by atoms with Gasteiger partial charge in [-0.05, 0) is 60.8 Å². The Kier molecular flexibility index (Phi) is 4.17. The zero-order valence-electron chi connectivity index (χ0n) is 9.63. The molecule has 1 rings (SSSR count). The minimum atomic E-state index is -0.363. The molecule has 2 unspecified atom stereocenters. The van der Waals surface area contributed by atoms with E-state index in [0.717, 1.165) is 10.2 Å². The number of hydrogen-bond donors (Lipinski definition) is 2. The van der Waals surface area contributed by atoms with Crippen LogP contribution in [0.3, 0.4) is 0 Å². The van der Waals surface area contributed by atoms with Crippen LogP contribution in [0.4, 0.5) is 5.69 Å². The molecule has 0 radical (unpaired) electrons. The molecule has 1 aromatic rings. The van der Waals surface area contributed by atoms with Gasteiger partial charge in [-0.2, -0.15) is 0 Å². The van der Waals surface area contributed by atoms with Gasteiger partial charge in [-0.25, -0.2) is 0 Å². The highest BCUT2D eigenvalue weighted by molar-refractivity contribution is 9.10. The highest BCUT2D eigenvalue weighted by atomic mass is 79.9. The summed E-state index contributed by atoms with van der Waals surface area (Å²) in [6.07, 6.45) is -0.363. The Morgan fingerprint density at radius 1 is 1.27 bits per heavy atom. The van der Waals surface area contributed by atoms with E-state index in [1.54, 1.807) is 6.92 Å². The Hall–Kier alpha value is -0.540. The van der Waals surface area contributed by atoms with Gasteiger partial charge in [0.15, 0.2) is 0 Å². The summed E-state index contributed by atoms with van der Waals surface area (Å²) in [4.78, 5) is 0. The van der Waals surface area contributed by atoms with Gasteiger partial charge >= 0.3 is 0 Å². The molecule has 0 aliphatic rings. The van der Waals surface area contributed by atoms with Crippen LogP contribution < -0.4 is 5.32 Å². The molecule has 0 saturated carbocycles. The Morgan fingerprint density at radius 3 is 2.33 bits per heavy atom. The van der Waals surface area contributed by atoms with E-state index >= 15 is 0 Å². The van der Waals surface area contributed by atoms with Crippen molar-refractivity contribution in [2.75, 3.05) is 5.32 Å². The zero-order chi connectivity index (χ0) is 11.6. The van der Waals surface area contributed by atoms with Gasteiger partial charge < -0.3 is 10.4 Å². The fraction of sp³-hybridized carbons (Fsp3) is 0.500. The highest BCUT2D eigenvalue weighted by Gasteiger charge is 2.11. The van der Waals surface area contributed by atoms with Crippen LogP contribution in [-0.2, 0) is 0 Å². The lowest BCUT2D eigenvalue weighted by Gasteiger charge is -2.21. The Balaban J connectivity index is 2.95. The van der Waals surface area contributed by atoms with Crippen LogP contribution in [0.25, 0.3) is 0 Å². The number of aliphatic hydroxyl groups is 1. The van der Waals surface area contributed by atoms with Crippen LogP contribution in [0.5, 0.6) is 0 Å². The van der Waals surface area contributed by atoms with Gasteiger partial charge in [0.1, 0.15) is 0 Å². The van der Waals surface area contributed by atoms with E-state index in [0.29, 0.717) is 0 Å². The van der Waals surface area contributed by atoms with Crippen molar-refractivity contribution in [2.24, 2.45) is 0 Å². The molecule has 0 aliphatic heterocycles. The molecule has 15 heavy (non-hydrogen) atoms. The minimum Gasteiger partial charge on any atom is -0.391 e. The van der Waals surface area contributed by atoms with Crippen molar-refractivity contribution in [3.8, 4) is 0 Å². The number of hydrogen-bond acceptors (Lipinski definition) is 2. The van der Waals surface area contributed by atoms with Gasteiger partial charge in [-0.15, -0.1) is 0 Å². The first-order valence-electron chi connectivity index (χ1n) is 5.13.